The molecule has 0 fully saturated rings. The molecule has 2 rings (SSSR count). The third-order valence-electron chi connectivity index (χ3n) is 3.22. The van der Waals surface area contributed by atoms with Crippen LogP contribution in [0.25, 0.3) is 0 Å². The number of nitro benzene ring substituents is 2. The Morgan fingerprint density at radius 1 is 0.750 bits per heavy atom. The zero-order chi connectivity index (χ0) is 24.8. The summed E-state index contributed by atoms with van der Waals surface area (Å²) in [6.07, 6.45) is 1.42. The lowest BCUT2D eigenvalue weighted by atomic mass is 10.1. The normalized spacial score (nSPS) is 9.44. The number of carbonyl (C=O) groups is 4. The van der Waals surface area contributed by atoms with E-state index in [-0.39, 0.29) is 28.3 Å². The average Bonchev–Trinajstić information content (AvgIpc) is 2.71. The van der Waals surface area contributed by atoms with Crippen LogP contribution in [0.4, 0.5) is 11.4 Å². The number of hydrogen-bond acceptors (Lipinski definition) is 8. The van der Waals surface area contributed by atoms with Crippen molar-refractivity contribution in [3.05, 3.63) is 92.0 Å². The molecule has 2 N–H and O–H groups in total. The zero-order valence-corrected chi connectivity index (χ0v) is 16.8. The van der Waals surface area contributed by atoms with Crippen molar-refractivity contribution in [2.45, 2.75) is 13.8 Å². The first-order valence-electron chi connectivity index (χ1n) is 8.51. The molecule has 12 heteroatoms. The Balaban J connectivity index is 0.000000529. The molecule has 32 heavy (non-hydrogen) atoms. The van der Waals surface area contributed by atoms with Crippen molar-refractivity contribution in [3.8, 4) is 0 Å². The summed E-state index contributed by atoms with van der Waals surface area (Å²) in [5.74, 6) is -3.12. The number of para-hydroxylation sites is 2. The van der Waals surface area contributed by atoms with Gasteiger partial charge in [-0.15, -0.1) is 0 Å². The molecule has 0 aromatic heterocycles. The molecule has 0 aliphatic heterocycles. The van der Waals surface area contributed by atoms with Gasteiger partial charge in [0.25, 0.3) is 17.3 Å². The molecule has 0 unspecified atom stereocenters. The van der Waals surface area contributed by atoms with Gasteiger partial charge in [0.15, 0.2) is 11.6 Å². The highest BCUT2D eigenvalue weighted by Crippen LogP contribution is 2.18. The van der Waals surface area contributed by atoms with E-state index in [0.29, 0.717) is 6.08 Å². The monoisotopic (exact) mass is 446 g/mol. The van der Waals surface area contributed by atoms with E-state index in [9.17, 15) is 34.6 Å². The second-order valence-electron chi connectivity index (χ2n) is 5.66. The molecule has 0 aliphatic carbocycles. The van der Waals surface area contributed by atoms with Crippen molar-refractivity contribution < 1.29 is 39.2 Å². The van der Waals surface area contributed by atoms with Crippen LogP contribution in [0.15, 0.2) is 60.7 Å². The van der Waals surface area contributed by atoms with Crippen molar-refractivity contribution in [1.29, 1.82) is 0 Å². The standard InChI is InChI=1S/C10H7NO5.C8H7NO3.C2H4O2/c12-9(5-6-10(13)14)7-3-1-2-4-8(7)11(15)16;1-6(10)7-4-2-3-5-8(7)9(11)12;1-2(3)4/h1-6H,(H,13,14);2-5H,1H3;1H3,(H,3,4)/b6-5+;;. The number of Topliss-reactive ketones (excluding diaryl/α,β-unsaturated/α-hetero) is 1. The van der Waals surface area contributed by atoms with E-state index < -0.39 is 27.6 Å². The fraction of sp³-hybridized carbons (Fsp3) is 0.100. The van der Waals surface area contributed by atoms with E-state index in [1.165, 1.54) is 49.4 Å². The van der Waals surface area contributed by atoms with Gasteiger partial charge in [0.2, 0.25) is 0 Å². The topological polar surface area (TPSA) is 195 Å². The summed E-state index contributed by atoms with van der Waals surface area (Å²) in [4.78, 5) is 61.2. The van der Waals surface area contributed by atoms with E-state index in [1.54, 1.807) is 6.07 Å². The summed E-state index contributed by atoms with van der Waals surface area (Å²) in [6, 6.07) is 11.2. The molecule has 0 spiro atoms. The van der Waals surface area contributed by atoms with Crippen LogP contribution in [-0.4, -0.2) is 43.6 Å². The van der Waals surface area contributed by atoms with Crippen molar-refractivity contribution >= 4 is 34.9 Å². The Hall–Kier alpha value is -4.74. The molecular formula is C20H18N2O10. The SMILES string of the molecule is CC(=O)O.CC(=O)c1ccccc1[N+](=O)[O-].O=C(O)/C=C/C(=O)c1ccccc1[N+](=O)[O-]. The average molecular weight is 446 g/mol. The smallest absolute Gasteiger partial charge is 0.328 e. The second-order valence-corrected chi connectivity index (χ2v) is 5.66. The Morgan fingerprint density at radius 2 is 1.12 bits per heavy atom. The van der Waals surface area contributed by atoms with Crippen LogP contribution in [0.5, 0.6) is 0 Å². The Kier molecular flexibility index (Phi) is 11.5. The van der Waals surface area contributed by atoms with Gasteiger partial charge >= 0.3 is 5.97 Å². The minimum absolute atomic E-state index is 0.134. The number of rotatable bonds is 6. The minimum atomic E-state index is -1.29. The predicted molar refractivity (Wildman–Crippen MR) is 111 cm³/mol. The molecule has 2 aromatic carbocycles. The molecule has 0 radical (unpaired) electrons. The van der Waals surface area contributed by atoms with Crippen LogP contribution in [0.3, 0.4) is 0 Å². The lowest BCUT2D eigenvalue weighted by Gasteiger charge is -1.97. The number of allylic oxidation sites excluding steroid dienone is 1. The van der Waals surface area contributed by atoms with Gasteiger partial charge in [-0.3, -0.25) is 34.6 Å². The molecule has 0 saturated heterocycles. The Morgan fingerprint density at radius 3 is 1.47 bits per heavy atom. The number of benzene rings is 2. The van der Waals surface area contributed by atoms with E-state index in [2.05, 4.69) is 0 Å². The highest BCUT2D eigenvalue weighted by molar-refractivity contribution is 6.09. The number of ketones is 2. The van der Waals surface area contributed by atoms with Crippen LogP contribution < -0.4 is 0 Å². The fourth-order valence-electron chi connectivity index (χ4n) is 2.01. The maximum Gasteiger partial charge on any atom is 0.328 e. The molecule has 0 saturated carbocycles. The third kappa shape index (κ3) is 10.2. The van der Waals surface area contributed by atoms with Crippen LogP contribution in [0.2, 0.25) is 0 Å². The van der Waals surface area contributed by atoms with Gasteiger partial charge in [-0.05, 0) is 25.1 Å². The number of nitro groups is 2. The van der Waals surface area contributed by atoms with Crippen molar-refractivity contribution in [1.82, 2.24) is 0 Å². The van der Waals surface area contributed by atoms with Crippen LogP contribution in [-0.2, 0) is 9.59 Å². The van der Waals surface area contributed by atoms with Gasteiger partial charge in [-0.1, -0.05) is 24.3 Å². The highest BCUT2D eigenvalue weighted by atomic mass is 16.6. The third-order valence-corrected chi connectivity index (χ3v) is 3.22. The first-order valence-corrected chi connectivity index (χ1v) is 8.51. The van der Waals surface area contributed by atoms with E-state index >= 15 is 0 Å². The summed E-state index contributed by atoms with van der Waals surface area (Å²) in [6.45, 7) is 2.39. The van der Waals surface area contributed by atoms with Gasteiger partial charge in [0.05, 0.1) is 21.0 Å². The van der Waals surface area contributed by atoms with Crippen LogP contribution in [0, 0.1) is 20.2 Å². The molecular weight excluding hydrogens is 428 g/mol. The largest absolute Gasteiger partial charge is 0.481 e. The van der Waals surface area contributed by atoms with Crippen molar-refractivity contribution in [3.63, 3.8) is 0 Å². The summed E-state index contributed by atoms with van der Waals surface area (Å²) < 4.78 is 0. The maximum absolute atomic E-state index is 11.4. The molecule has 168 valence electrons. The fourth-order valence-corrected chi connectivity index (χ4v) is 2.01. The number of hydrogen-bond donors (Lipinski definition) is 2. The van der Waals surface area contributed by atoms with Gasteiger partial charge in [-0.2, -0.15) is 0 Å². The van der Waals surface area contributed by atoms with E-state index in [0.717, 1.165) is 13.0 Å². The minimum Gasteiger partial charge on any atom is -0.481 e. The second kappa shape index (κ2) is 13.5. The lowest BCUT2D eigenvalue weighted by molar-refractivity contribution is -0.385. The van der Waals surface area contributed by atoms with Gasteiger partial charge in [0.1, 0.15) is 0 Å². The van der Waals surface area contributed by atoms with E-state index in [4.69, 9.17) is 15.0 Å². The summed E-state index contributed by atoms with van der Waals surface area (Å²) in [7, 11) is 0. The summed E-state index contributed by atoms with van der Waals surface area (Å²) in [5, 5.41) is 36.7. The Bertz CT molecular complexity index is 1020. The summed E-state index contributed by atoms with van der Waals surface area (Å²) in [5.41, 5.74) is -0.458. The van der Waals surface area contributed by atoms with Gasteiger partial charge in [-0.25, -0.2) is 4.79 Å². The van der Waals surface area contributed by atoms with Crippen LogP contribution >= 0.6 is 0 Å². The molecule has 12 nitrogen and oxygen atoms in total. The molecule has 0 aliphatic rings. The first-order chi connectivity index (χ1) is 14.9. The summed E-state index contributed by atoms with van der Waals surface area (Å²) >= 11 is 0. The lowest BCUT2D eigenvalue weighted by Crippen LogP contribution is -2.01. The van der Waals surface area contributed by atoms with Gasteiger partial charge in [0, 0.05) is 25.1 Å². The zero-order valence-electron chi connectivity index (χ0n) is 16.8. The number of carbonyl (C=O) groups excluding carboxylic acids is 2. The van der Waals surface area contributed by atoms with E-state index in [1.807, 2.05) is 0 Å². The Labute approximate surface area is 180 Å². The highest BCUT2D eigenvalue weighted by Gasteiger charge is 2.17. The maximum atomic E-state index is 11.4. The quantitative estimate of drug-likeness (QED) is 0.287. The number of nitrogens with zero attached hydrogens (tertiary/aromatic N) is 2. The number of carboxylic acid groups (broad SMARTS) is 2. The van der Waals surface area contributed by atoms with Crippen LogP contribution in [0.1, 0.15) is 34.6 Å². The molecule has 2 aromatic rings. The van der Waals surface area contributed by atoms with Crippen molar-refractivity contribution in [2.75, 3.05) is 0 Å². The first kappa shape index (κ1) is 27.3. The molecule has 0 amide bonds. The predicted octanol–water partition coefficient (Wildman–Crippen LogP) is 3.31. The number of carboxylic acids is 2. The van der Waals surface area contributed by atoms with Gasteiger partial charge < -0.3 is 10.2 Å². The molecule has 0 heterocycles. The molecule has 0 bridgehead atoms. The van der Waals surface area contributed by atoms with Crippen molar-refractivity contribution in [2.24, 2.45) is 0 Å². The number of aliphatic carboxylic acids is 2. The molecule has 0 atom stereocenters.